The van der Waals surface area contributed by atoms with Gasteiger partial charge < -0.3 is 22.1 Å². The highest BCUT2D eigenvalue weighted by Gasteiger charge is 2.21. The molecule has 4 nitrogen and oxygen atoms in total. The van der Waals surface area contributed by atoms with Crippen molar-refractivity contribution < 1.29 is 0 Å². The lowest BCUT2D eigenvalue weighted by molar-refractivity contribution is 1.01. The molecule has 0 saturated heterocycles. The number of nitrogens with two attached hydrogens (primary N) is 3. The Hall–Kier alpha value is -2.47. The van der Waals surface area contributed by atoms with Crippen LogP contribution in [0.25, 0.3) is 11.1 Å². The van der Waals surface area contributed by atoms with E-state index in [1.807, 2.05) is 42.5 Å². The number of hydrogen-bond acceptors (Lipinski definition) is 3. The fraction of sp³-hybridized carbons (Fsp3) is 0.0500. The topological polar surface area (TPSA) is 81.3 Å². The fourth-order valence-corrected chi connectivity index (χ4v) is 3.41. The van der Waals surface area contributed by atoms with E-state index in [9.17, 15) is 0 Å². The zero-order valence-electron chi connectivity index (χ0n) is 14.3. The molecular formula is C20H18Cl2N4S. The largest absolute Gasteiger partial charge is 0.398 e. The molecule has 0 fully saturated rings. The molecule has 0 aliphatic heterocycles. The summed E-state index contributed by atoms with van der Waals surface area (Å²) < 4.78 is 0. The van der Waals surface area contributed by atoms with E-state index >= 15 is 0 Å². The van der Waals surface area contributed by atoms with Gasteiger partial charge in [-0.3, -0.25) is 0 Å². The summed E-state index contributed by atoms with van der Waals surface area (Å²) in [7, 11) is 0. The molecule has 3 aromatic carbocycles. The van der Waals surface area contributed by atoms with Crippen molar-refractivity contribution in [3.05, 3.63) is 76.3 Å². The molecule has 138 valence electrons. The maximum atomic E-state index is 6.58. The van der Waals surface area contributed by atoms with Crippen LogP contribution in [0.15, 0.2) is 60.7 Å². The predicted octanol–water partition coefficient (Wildman–Crippen LogP) is 5.08. The molecule has 0 aromatic heterocycles. The normalized spacial score (nSPS) is 10.6. The number of hydrogen-bond donors (Lipinski definition) is 3. The van der Waals surface area contributed by atoms with E-state index < -0.39 is 0 Å². The summed E-state index contributed by atoms with van der Waals surface area (Å²) in [5, 5.41) is 1.02. The monoisotopic (exact) mass is 416 g/mol. The summed E-state index contributed by atoms with van der Waals surface area (Å²) in [5.74, 6) is 0. The predicted molar refractivity (Wildman–Crippen MR) is 120 cm³/mol. The summed E-state index contributed by atoms with van der Waals surface area (Å²) in [5.41, 5.74) is 22.2. The van der Waals surface area contributed by atoms with Gasteiger partial charge in [0.1, 0.15) is 0 Å². The molecule has 0 radical (unpaired) electrons. The minimum atomic E-state index is 0.189. The highest BCUT2D eigenvalue weighted by atomic mass is 35.5. The van der Waals surface area contributed by atoms with E-state index in [1.54, 1.807) is 23.1 Å². The van der Waals surface area contributed by atoms with Gasteiger partial charge in [0.15, 0.2) is 5.11 Å². The SMILES string of the molecule is NC(=S)N(Cc1ccccc1)c1c(-c2ccc(N)c(Cl)c2)ccc(N)c1Cl. The minimum absolute atomic E-state index is 0.189. The second kappa shape index (κ2) is 8.05. The Labute approximate surface area is 173 Å². The number of benzene rings is 3. The van der Waals surface area contributed by atoms with Crippen LogP contribution in [0, 0.1) is 0 Å². The first-order valence-electron chi connectivity index (χ1n) is 8.12. The average molecular weight is 417 g/mol. The molecule has 0 amide bonds. The summed E-state index contributed by atoms with van der Waals surface area (Å²) in [6, 6.07) is 18.8. The Bertz CT molecular complexity index is 993. The zero-order chi connectivity index (χ0) is 19.6. The lowest BCUT2D eigenvalue weighted by Crippen LogP contribution is -2.35. The molecular weight excluding hydrogens is 399 g/mol. The quantitative estimate of drug-likeness (QED) is 0.408. The zero-order valence-corrected chi connectivity index (χ0v) is 16.7. The van der Waals surface area contributed by atoms with Crippen LogP contribution in [0.4, 0.5) is 17.1 Å². The van der Waals surface area contributed by atoms with Crippen molar-refractivity contribution in [3.63, 3.8) is 0 Å². The van der Waals surface area contributed by atoms with E-state index in [2.05, 4.69) is 0 Å². The van der Waals surface area contributed by atoms with Crippen LogP contribution < -0.4 is 22.1 Å². The van der Waals surface area contributed by atoms with Crippen molar-refractivity contribution in [1.29, 1.82) is 0 Å². The first kappa shape index (κ1) is 19.3. The minimum Gasteiger partial charge on any atom is -0.398 e. The lowest BCUT2D eigenvalue weighted by atomic mass is 10.0. The van der Waals surface area contributed by atoms with Gasteiger partial charge in [0.05, 0.1) is 33.7 Å². The van der Waals surface area contributed by atoms with Crippen molar-refractivity contribution in [2.75, 3.05) is 16.4 Å². The fourth-order valence-electron chi connectivity index (χ4n) is 2.80. The van der Waals surface area contributed by atoms with Crippen LogP contribution in [-0.4, -0.2) is 5.11 Å². The van der Waals surface area contributed by atoms with E-state index in [0.29, 0.717) is 33.7 Å². The van der Waals surface area contributed by atoms with Gasteiger partial charge in [0.25, 0.3) is 0 Å². The van der Waals surface area contributed by atoms with E-state index in [0.717, 1.165) is 16.7 Å². The van der Waals surface area contributed by atoms with Crippen LogP contribution in [-0.2, 0) is 6.54 Å². The molecule has 0 heterocycles. The molecule has 0 aliphatic rings. The molecule has 0 unspecified atom stereocenters. The third-order valence-electron chi connectivity index (χ3n) is 4.18. The number of nitrogens with zero attached hydrogens (tertiary/aromatic N) is 1. The smallest absolute Gasteiger partial charge is 0.171 e. The van der Waals surface area contributed by atoms with Gasteiger partial charge in [-0.15, -0.1) is 0 Å². The Morgan fingerprint density at radius 2 is 1.59 bits per heavy atom. The van der Waals surface area contributed by atoms with Crippen molar-refractivity contribution in [2.24, 2.45) is 5.73 Å². The summed E-state index contributed by atoms with van der Waals surface area (Å²) >= 11 is 18.1. The van der Waals surface area contributed by atoms with E-state index in [-0.39, 0.29) is 5.11 Å². The third kappa shape index (κ3) is 4.11. The van der Waals surface area contributed by atoms with Crippen LogP contribution in [0.1, 0.15) is 5.56 Å². The van der Waals surface area contributed by atoms with Crippen LogP contribution >= 0.6 is 35.4 Å². The first-order chi connectivity index (χ1) is 12.9. The van der Waals surface area contributed by atoms with Crippen molar-refractivity contribution in [1.82, 2.24) is 0 Å². The van der Waals surface area contributed by atoms with Crippen LogP contribution in [0.2, 0.25) is 10.0 Å². The van der Waals surface area contributed by atoms with Crippen molar-refractivity contribution in [2.45, 2.75) is 6.54 Å². The number of halogens is 2. The highest BCUT2D eigenvalue weighted by Crippen LogP contribution is 2.42. The molecule has 0 spiro atoms. The van der Waals surface area contributed by atoms with Gasteiger partial charge >= 0.3 is 0 Å². The van der Waals surface area contributed by atoms with Gasteiger partial charge in [-0.25, -0.2) is 0 Å². The average Bonchev–Trinajstić information content (AvgIpc) is 2.65. The van der Waals surface area contributed by atoms with Crippen LogP contribution in [0.5, 0.6) is 0 Å². The second-order valence-corrected chi connectivity index (χ2v) is 7.21. The Balaban J connectivity index is 2.18. The maximum absolute atomic E-state index is 6.58. The van der Waals surface area contributed by atoms with E-state index in [1.165, 1.54) is 0 Å². The van der Waals surface area contributed by atoms with E-state index in [4.69, 9.17) is 52.6 Å². The molecule has 0 bridgehead atoms. The van der Waals surface area contributed by atoms with Crippen molar-refractivity contribution >= 4 is 57.6 Å². The summed E-state index contributed by atoms with van der Waals surface area (Å²) in [6.07, 6.45) is 0. The van der Waals surface area contributed by atoms with Gasteiger partial charge in [0, 0.05) is 5.56 Å². The number of rotatable bonds is 4. The van der Waals surface area contributed by atoms with Crippen LogP contribution in [0.3, 0.4) is 0 Å². The Kier molecular flexibility index (Phi) is 5.75. The van der Waals surface area contributed by atoms with Crippen molar-refractivity contribution in [3.8, 4) is 11.1 Å². The molecule has 3 rings (SSSR count). The molecule has 3 aromatic rings. The summed E-state index contributed by atoms with van der Waals surface area (Å²) in [4.78, 5) is 1.77. The molecule has 27 heavy (non-hydrogen) atoms. The molecule has 0 aliphatic carbocycles. The standard InChI is InChI=1S/C20H18Cl2N4S/c21-15-10-13(6-8-16(15)23)14-7-9-17(24)18(22)19(14)26(20(25)27)11-12-4-2-1-3-5-12/h1-10H,11,23-24H2,(H2,25,27). The number of anilines is 3. The molecule has 0 atom stereocenters. The van der Waals surface area contributed by atoms with Gasteiger partial charge in [-0.05, 0) is 41.5 Å². The second-order valence-electron chi connectivity index (χ2n) is 6.01. The Morgan fingerprint density at radius 1 is 0.926 bits per heavy atom. The maximum Gasteiger partial charge on any atom is 0.171 e. The van der Waals surface area contributed by atoms with Gasteiger partial charge in [-0.1, -0.05) is 65.7 Å². The first-order valence-corrected chi connectivity index (χ1v) is 9.29. The Morgan fingerprint density at radius 3 is 2.22 bits per heavy atom. The molecule has 7 heteroatoms. The summed E-state index contributed by atoms with van der Waals surface area (Å²) in [6.45, 7) is 0.453. The van der Waals surface area contributed by atoms with Gasteiger partial charge in [0.2, 0.25) is 0 Å². The molecule has 0 saturated carbocycles. The highest BCUT2D eigenvalue weighted by molar-refractivity contribution is 7.80. The number of nitrogen functional groups attached to an aromatic ring is 2. The number of thiocarbonyl (C=S) groups is 1. The third-order valence-corrected chi connectivity index (χ3v) is 5.12. The molecule has 6 N–H and O–H groups in total. The lowest BCUT2D eigenvalue weighted by Gasteiger charge is -2.27. The van der Waals surface area contributed by atoms with Gasteiger partial charge in [-0.2, -0.15) is 0 Å².